The number of rotatable bonds is 9. The summed E-state index contributed by atoms with van der Waals surface area (Å²) in [5, 5.41) is 0. The molecule has 1 heterocycles. The van der Waals surface area contributed by atoms with Crippen molar-refractivity contribution in [3.63, 3.8) is 0 Å². The lowest BCUT2D eigenvalue weighted by Crippen LogP contribution is -2.50. The van der Waals surface area contributed by atoms with Gasteiger partial charge >= 0.3 is 29.8 Å². The SMILES string of the molecule is COC(=O)/C=C/C(=O)OCC(COC(=O)/C=C/C(=O)OC)N1CCOC(=O)C1. The third-order valence-corrected chi connectivity index (χ3v) is 3.44. The topological polar surface area (TPSA) is 135 Å². The van der Waals surface area contributed by atoms with Crippen molar-refractivity contribution in [1.82, 2.24) is 4.90 Å². The van der Waals surface area contributed by atoms with Gasteiger partial charge in [0.2, 0.25) is 0 Å². The van der Waals surface area contributed by atoms with E-state index in [1.54, 1.807) is 4.90 Å². The van der Waals surface area contributed by atoms with E-state index in [1.807, 2.05) is 0 Å². The van der Waals surface area contributed by atoms with Gasteiger partial charge in [-0.15, -0.1) is 0 Å². The largest absolute Gasteiger partial charge is 0.466 e. The van der Waals surface area contributed by atoms with Crippen LogP contribution < -0.4 is 0 Å². The zero-order chi connectivity index (χ0) is 20.9. The number of carbonyl (C=O) groups is 5. The molecule has 1 fully saturated rings. The Morgan fingerprint density at radius 1 is 0.929 bits per heavy atom. The molecule has 0 N–H and O–H groups in total. The molecular weight excluding hydrogens is 378 g/mol. The minimum Gasteiger partial charge on any atom is -0.466 e. The molecule has 0 radical (unpaired) electrons. The second-order valence-electron chi connectivity index (χ2n) is 5.32. The maximum Gasteiger partial charge on any atom is 0.331 e. The molecule has 154 valence electrons. The number of hydrogen-bond donors (Lipinski definition) is 0. The van der Waals surface area contributed by atoms with Crippen LogP contribution in [0, 0.1) is 0 Å². The molecule has 1 aliphatic heterocycles. The Bertz CT molecular complexity index is 612. The van der Waals surface area contributed by atoms with E-state index in [0.717, 1.165) is 38.5 Å². The van der Waals surface area contributed by atoms with Gasteiger partial charge in [-0.05, 0) is 0 Å². The predicted octanol–water partition coefficient (Wildman–Crippen LogP) is -1.24. The lowest BCUT2D eigenvalue weighted by Gasteiger charge is -2.32. The fraction of sp³-hybridized carbons (Fsp3) is 0.471. The molecule has 1 rings (SSSR count). The Kier molecular flexibility index (Phi) is 9.97. The van der Waals surface area contributed by atoms with Crippen LogP contribution in [0.25, 0.3) is 0 Å². The van der Waals surface area contributed by atoms with Gasteiger partial charge < -0.3 is 23.7 Å². The lowest BCUT2D eigenvalue weighted by molar-refractivity contribution is -0.155. The van der Waals surface area contributed by atoms with Gasteiger partial charge in [0.1, 0.15) is 19.8 Å². The molecule has 28 heavy (non-hydrogen) atoms. The standard InChI is InChI=1S/C17H21NO10/c1-24-13(19)3-5-15(21)27-10-12(18-7-8-26-17(23)9-18)11-28-16(22)6-4-14(20)25-2/h3-6,12H,7-11H2,1-2H3/b5-3+,6-4+. The van der Waals surface area contributed by atoms with E-state index in [1.165, 1.54) is 0 Å². The summed E-state index contributed by atoms with van der Waals surface area (Å²) >= 11 is 0. The van der Waals surface area contributed by atoms with Crippen molar-refractivity contribution >= 4 is 29.8 Å². The zero-order valence-electron chi connectivity index (χ0n) is 15.5. The van der Waals surface area contributed by atoms with Crippen molar-refractivity contribution < 1.29 is 47.7 Å². The van der Waals surface area contributed by atoms with E-state index in [-0.39, 0.29) is 26.4 Å². The van der Waals surface area contributed by atoms with Gasteiger partial charge in [-0.3, -0.25) is 9.69 Å². The Morgan fingerprint density at radius 3 is 1.82 bits per heavy atom. The predicted molar refractivity (Wildman–Crippen MR) is 90.6 cm³/mol. The Morgan fingerprint density at radius 2 is 1.39 bits per heavy atom. The van der Waals surface area contributed by atoms with Gasteiger partial charge in [0.15, 0.2) is 0 Å². The molecule has 1 aliphatic rings. The van der Waals surface area contributed by atoms with Gasteiger partial charge in [-0.25, -0.2) is 19.2 Å². The van der Waals surface area contributed by atoms with Crippen LogP contribution >= 0.6 is 0 Å². The van der Waals surface area contributed by atoms with Crippen LogP contribution in [0.4, 0.5) is 0 Å². The van der Waals surface area contributed by atoms with E-state index in [9.17, 15) is 24.0 Å². The highest BCUT2D eigenvalue weighted by atomic mass is 16.6. The summed E-state index contributed by atoms with van der Waals surface area (Å²) < 4.78 is 23.6. The summed E-state index contributed by atoms with van der Waals surface area (Å²) in [5.41, 5.74) is 0. The monoisotopic (exact) mass is 399 g/mol. The fourth-order valence-electron chi connectivity index (χ4n) is 2.00. The van der Waals surface area contributed by atoms with E-state index in [0.29, 0.717) is 6.54 Å². The Balaban J connectivity index is 2.65. The van der Waals surface area contributed by atoms with E-state index in [4.69, 9.17) is 14.2 Å². The first-order valence-corrected chi connectivity index (χ1v) is 8.11. The second-order valence-corrected chi connectivity index (χ2v) is 5.32. The van der Waals surface area contributed by atoms with Crippen LogP contribution in [-0.2, 0) is 47.7 Å². The van der Waals surface area contributed by atoms with E-state index < -0.39 is 35.9 Å². The van der Waals surface area contributed by atoms with Crippen LogP contribution in [0.2, 0.25) is 0 Å². The van der Waals surface area contributed by atoms with Crippen molar-refractivity contribution in [2.45, 2.75) is 6.04 Å². The molecule has 1 saturated heterocycles. The summed E-state index contributed by atoms with van der Waals surface area (Å²) in [6.45, 7) is -0.0176. The van der Waals surface area contributed by atoms with Crippen molar-refractivity contribution in [2.75, 3.05) is 47.1 Å². The Hall–Kier alpha value is -3.21. The van der Waals surface area contributed by atoms with Crippen molar-refractivity contribution in [2.24, 2.45) is 0 Å². The number of nitrogens with zero attached hydrogens (tertiary/aromatic N) is 1. The Labute approximate surface area is 160 Å². The molecule has 0 aliphatic carbocycles. The van der Waals surface area contributed by atoms with Crippen LogP contribution in [0.3, 0.4) is 0 Å². The smallest absolute Gasteiger partial charge is 0.331 e. The zero-order valence-corrected chi connectivity index (χ0v) is 15.5. The minimum absolute atomic E-state index is 0.0736. The molecule has 0 spiro atoms. The summed E-state index contributed by atoms with van der Waals surface area (Å²) in [4.78, 5) is 58.4. The maximum absolute atomic E-state index is 11.7. The first-order chi connectivity index (χ1) is 13.3. The molecule has 0 aromatic carbocycles. The van der Waals surface area contributed by atoms with Gasteiger partial charge in [-0.1, -0.05) is 0 Å². The highest BCUT2D eigenvalue weighted by molar-refractivity contribution is 5.92. The van der Waals surface area contributed by atoms with Crippen LogP contribution in [0.1, 0.15) is 0 Å². The molecule has 0 atom stereocenters. The number of esters is 5. The number of ether oxygens (including phenoxy) is 5. The van der Waals surface area contributed by atoms with Crippen LogP contribution in [-0.4, -0.2) is 87.9 Å². The highest BCUT2D eigenvalue weighted by Crippen LogP contribution is 2.07. The first-order valence-electron chi connectivity index (χ1n) is 8.11. The number of methoxy groups -OCH3 is 2. The molecule has 0 aromatic heterocycles. The number of morpholine rings is 1. The third-order valence-electron chi connectivity index (χ3n) is 3.44. The average molecular weight is 399 g/mol. The third kappa shape index (κ3) is 8.94. The van der Waals surface area contributed by atoms with Crippen molar-refractivity contribution in [3.8, 4) is 0 Å². The summed E-state index contributed by atoms with van der Waals surface area (Å²) in [6, 6.07) is -0.640. The fourth-order valence-corrected chi connectivity index (χ4v) is 2.00. The molecule has 0 saturated carbocycles. The number of carbonyl (C=O) groups excluding carboxylic acids is 5. The molecule has 0 unspecified atom stereocenters. The van der Waals surface area contributed by atoms with E-state index >= 15 is 0 Å². The minimum atomic E-state index is -0.813. The number of hydrogen-bond acceptors (Lipinski definition) is 11. The summed E-state index contributed by atoms with van der Waals surface area (Å²) in [5.74, 6) is -3.54. The van der Waals surface area contributed by atoms with Gasteiger partial charge in [-0.2, -0.15) is 0 Å². The lowest BCUT2D eigenvalue weighted by atomic mass is 10.2. The van der Waals surface area contributed by atoms with Gasteiger partial charge in [0.05, 0.1) is 26.8 Å². The number of cyclic esters (lactones) is 1. The first kappa shape index (κ1) is 22.8. The molecule has 0 bridgehead atoms. The average Bonchev–Trinajstić information content (AvgIpc) is 2.69. The molecule has 11 nitrogen and oxygen atoms in total. The van der Waals surface area contributed by atoms with E-state index in [2.05, 4.69) is 9.47 Å². The van der Waals surface area contributed by atoms with Crippen molar-refractivity contribution in [1.29, 1.82) is 0 Å². The van der Waals surface area contributed by atoms with Gasteiger partial charge in [0.25, 0.3) is 0 Å². The summed E-state index contributed by atoms with van der Waals surface area (Å²) in [6.07, 6.45) is 3.57. The quantitative estimate of drug-likeness (QED) is 0.262. The van der Waals surface area contributed by atoms with Crippen molar-refractivity contribution in [3.05, 3.63) is 24.3 Å². The molecular formula is C17H21NO10. The van der Waals surface area contributed by atoms with Crippen LogP contribution in [0.15, 0.2) is 24.3 Å². The second kappa shape index (κ2) is 12.2. The van der Waals surface area contributed by atoms with Crippen LogP contribution in [0.5, 0.6) is 0 Å². The molecule has 0 aromatic rings. The summed E-state index contributed by atoms with van der Waals surface area (Å²) in [7, 11) is 2.32. The maximum atomic E-state index is 11.7. The molecule has 11 heteroatoms. The molecule has 0 amide bonds. The highest BCUT2D eigenvalue weighted by Gasteiger charge is 2.27. The normalized spacial score (nSPS) is 14.8. The van der Waals surface area contributed by atoms with Gasteiger partial charge in [0, 0.05) is 30.8 Å².